The van der Waals surface area contributed by atoms with Crippen molar-refractivity contribution in [1.29, 1.82) is 0 Å². The van der Waals surface area contributed by atoms with Gasteiger partial charge < -0.3 is 19.3 Å². The molecule has 3 heterocycles. The van der Waals surface area contributed by atoms with Gasteiger partial charge in [-0.1, -0.05) is 18.2 Å². The molecule has 7 heteroatoms. The molecule has 7 nitrogen and oxygen atoms in total. The monoisotopic (exact) mass is 445 g/mol. The van der Waals surface area contributed by atoms with Crippen molar-refractivity contribution >= 4 is 22.7 Å². The van der Waals surface area contributed by atoms with E-state index in [9.17, 15) is 9.59 Å². The van der Waals surface area contributed by atoms with Crippen molar-refractivity contribution in [3.8, 4) is 17.0 Å². The van der Waals surface area contributed by atoms with Gasteiger partial charge in [-0.2, -0.15) is 0 Å². The van der Waals surface area contributed by atoms with Crippen LogP contribution in [-0.4, -0.2) is 66.6 Å². The van der Waals surface area contributed by atoms with Crippen LogP contribution in [0.2, 0.25) is 0 Å². The van der Waals surface area contributed by atoms with Gasteiger partial charge in [-0.15, -0.1) is 0 Å². The topological polar surface area (TPSA) is 72.0 Å². The normalized spacial score (nSPS) is 15.9. The summed E-state index contributed by atoms with van der Waals surface area (Å²) < 4.78 is 10.9. The number of morpholine rings is 1. The third kappa shape index (κ3) is 4.16. The number of hydrogen-bond donors (Lipinski definition) is 0. The lowest BCUT2D eigenvalue weighted by Gasteiger charge is -2.28. The van der Waals surface area contributed by atoms with Crippen molar-refractivity contribution in [3.63, 3.8) is 0 Å². The van der Waals surface area contributed by atoms with Crippen LogP contribution in [0.4, 0.5) is 0 Å². The highest BCUT2D eigenvalue weighted by Gasteiger charge is 2.21. The number of nitrogens with zero attached hydrogens (tertiary/aromatic N) is 3. The molecule has 0 radical (unpaired) electrons. The fourth-order valence-corrected chi connectivity index (χ4v) is 4.62. The Bertz CT molecular complexity index is 1230. The van der Waals surface area contributed by atoms with E-state index in [1.54, 1.807) is 14.0 Å². The van der Waals surface area contributed by atoms with Gasteiger partial charge in [-0.3, -0.25) is 9.59 Å². The molecule has 5 rings (SSSR count). The first-order chi connectivity index (χ1) is 16.0. The van der Waals surface area contributed by atoms with E-state index in [4.69, 9.17) is 9.47 Å². The van der Waals surface area contributed by atoms with E-state index in [-0.39, 0.29) is 11.8 Å². The van der Waals surface area contributed by atoms with Gasteiger partial charge in [0.15, 0.2) is 0 Å². The molecule has 33 heavy (non-hydrogen) atoms. The van der Waals surface area contributed by atoms with Crippen LogP contribution in [0.1, 0.15) is 28.4 Å². The Balaban J connectivity index is 1.56. The van der Waals surface area contributed by atoms with Crippen LogP contribution in [0, 0.1) is 0 Å². The molecule has 2 aromatic carbocycles. The van der Waals surface area contributed by atoms with Gasteiger partial charge in [0.05, 0.1) is 25.8 Å². The number of fused-ring (bicyclic) bond motifs is 2. The molecule has 1 aromatic heterocycles. The Labute approximate surface area is 192 Å². The Morgan fingerprint density at radius 2 is 1.79 bits per heavy atom. The average molecular weight is 446 g/mol. The average Bonchev–Trinajstić information content (AvgIpc) is 2.87. The summed E-state index contributed by atoms with van der Waals surface area (Å²) in [5, 5.41) is 0.913. The summed E-state index contributed by atoms with van der Waals surface area (Å²) in [6.07, 6.45) is 0.823. The predicted molar refractivity (Wildman–Crippen MR) is 125 cm³/mol. The zero-order chi connectivity index (χ0) is 22.9. The zero-order valence-electron chi connectivity index (χ0n) is 19.0. The maximum atomic E-state index is 13.1. The lowest BCUT2D eigenvalue weighted by atomic mass is 9.92. The maximum absolute atomic E-state index is 13.1. The van der Waals surface area contributed by atoms with Crippen molar-refractivity contribution in [3.05, 3.63) is 59.2 Å². The van der Waals surface area contributed by atoms with Gasteiger partial charge in [0.1, 0.15) is 0 Å². The van der Waals surface area contributed by atoms with Crippen LogP contribution < -0.4 is 4.74 Å². The van der Waals surface area contributed by atoms with E-state index in [1.807, 2.05) is 34.1 Å². The first kappa shape index (κ1) is 21.4. The molecule has 0 bridgehead atoms. The molecule has 3 aromatic rings. The smallest absolute Gasteiger partial charge is 0.254 e. The molecular formula is C26H27N3O4. The van der Waals surface area contributed by atoms with E-state index in [1.165, 1.54) is 11.1 Å². The Morgan fingerprint density at radius 1 is 0.970 bits per heavy atom. The number of carbonyl (C=O) groups excluding carboxylic acids is 2. The zero-order valence-corrected chi connectivity index (χ0v) is 19.0. The minimum absolute atomic E-state index is 0.0109. The second-order valence-corrected chi connectivity index (χ2v) is 8.52. The van der Waals surface area contributed by atoms with Crippen LogP contribution in [0.3, 0.4) is 0 Å². The molecule has 1 saturated heterocycles. The molecular weight excluding hydrogens is 418 g/mol. The van der Waals surface area contributed by atoms with Gasteiger partial charge in [-0.25, -0.2) is 4.98 Å². The highest BCUT2D eigenvalue weighted by atomic mass is 16.5. The van der Waals surface area contributed by atoms with Crippen LogP contribution >= 0.6 is 0 Å². The van der Waals surface area contributed by atoms with Crippen LogP contribution in [0.5, 0.6) is 5.88 Å². The maximum Gasteiger partial charge on any atom is 0.254 e. The van der Waals surface area contributed by atoms with Crippen molar-refractivity contribution in [2.45, 2.75) is 19.9 Å². The number of ether oxygens (including phenoxy) is 2. The molecule has 0 spiro atoms. The van der Waals surface area contributed by atoms with E-state index in [0.29, 0.717) is 44.3 Å². The summed E-state index contributed by atoms with van der Waals surface area (Å²) in [5.74, 6) is 0.647. The Hall–Kier alpha value is -3.45. The molecule has 2 aliphatic rings. The fraction of sp³-hybridized carbons (Fsp3) is 0.346. The van der Waals surface area contributed by atoms with E-state index in [2.05, 4.69) is 23.2 Å². The quantitative estimate of drug-likeness (QED) is 0.619. The number of methoxy groups -OCH3 is 1. The lowest BCUT2D eigenvalue weighted by molar-refractivity contribution is -0.129. The Morgan fingerprint density at radius 3 is 2.55 bits per heavy atom. The second-order valence-electron chi connectivity index (χ2n) is 8.52. The lowest BCUT2D eigenvalue weighted by Crippen LogP contribution is -2.40. The van der Waals surface area contributed by atoms with Crippen molar-refractivity contribution in [1.82, 2.24) is 14.8 Å². The molecule has 0 aliphatic carbocycles. The molecule has 2 aliphatic heterocycles. The summed E-state index contributed by atoms with van der Waals surface area (Å²) in [4.78, 5) is 33.2. The van der Waals surface area contributed by atoms with Crippen molar-refractivity contribution in [2.24, 2.45) is 0 Å². The SMILES string of the molecule is COc1cc(-c2ccc3c(c2)CCN(C(C)=O)C3)c2cc(C(=O)N3CCOCC3)ccc2n1. The molecule has 0 saturated carbocycles. The number of amides is 2. The predicted octanol–water partition coefficient (Wildman–Crippen LogP) is 3.29. The summed E-state index contributed by atoms with van der Waals surface area (Å²) in [7, 11) is 1.61. The van der Waals surface area contributed by atoms with E-state index >= 15 is 0 Å². The summed E-state index contributed by atoms with van der Waals surface area (Å²) in [5.41, 5.74) is 5.87. The van der Waals surface area contributed by atoms with Gasteiger partial charge in [0.25, 0.3) is 5.91 Å². The van der Waals surface area contributed by atoms with Crippen LogP contribution in [0.25, 0.3) is 22.0 Å². The number of carbonyl (C=O) groups is 2. The first-order valence-electron chi connectivity index (χ1n) is 11.3. The minimum atomic E-state index is 0.0109. The number of pyridine rings is 1. The van der Waals surface area contributed by atoms with Crippen molar-refractivity contribution in [2.75, 3.05) is 40.0 Å². The molecule has 170 valence electrons. The second kappa shape index (κ2) is 8.83. The largest absolute Gasteiger partial charge is 0.481 e. The van der Waals surface area contributed by atoms with Gasteiger partial charge >= 0.3 is 0 Å². The van der Waals surface area contributed by atoms with Gasteiger partial charge in [0, 0.05) is 50.1 Å². The summed E-state index contributed by atoms with van der Waals surface area (Å²) in [6, 6.07) is 14.0. The molecule has 0 atom stereocenters. The summed E-state index contributed by atoms with van der Waals surface area (Å²) >= 11 is 0. The van der Waals surface area contributed by atoms with Gasteiger partial charge in [0.2, 0.25) is 11.8 Å². The highest BCUT2D eigenvalue weighted by molar-refractivity contribution is 6.02. The molecule has 1 fully saturated rings. The van der Waals surface area contributed by atoms with Crippen LogP contribution in [0.15, 0.2) is 42.5 Å². The number of aromatic nitrogens is 1. The molecule has 2 amide bonds. The number of rotatable bonds is 3. The molecule has 0 N–H and O–H groups in total. The third-order valence-electron chi connectivity index (χ3n) is 6.51. The third-order valence-corrected chi connectivity index (χ3v) is 6.51. The first-order valence-corrected chi connectivity index (χ1v) is 11.3. The summed E-state index contributed by atoms with van der Waals surface area (Å²) in [6.45, 7) is 5.33. The Kier molecular flexibility index (Phi) is 5.72. The van der Waals surface area contributed by atoms with E-state index in [0.717, 1.165) is 35.0 Å². The highest BCUT2D eigenvalue weighted by Crippen LogP contribution is 2.34. The van der Waals surface area contributed by atoms with Gasteiger partial charge in [-0.05, 0) is 46.9 Å². The van der Waals surface area contributed by atoms with Crippen molar-refractivity contribution < 1.29 is 19.1 Å². The standard InChI is InChI=1S/C26H27N3O4/c1-17(30)29-8-7-18-13-19(3-4-21(18)16-29)22-15-25(32-2)27-24-6-5-20(14-23(22)24)26(31)28-9-11-33-12-10-28/h3-6,13-15H,7-12,16H2,1-2H3. The number of hydrogen-bond acceptors (Lipinski definition) is 5. The molecule has 0 unspecified atom stereocenters. The number of benzene rings is 2. The van der Waals surface area contributed by atoms with Crippen LogP contribution in [-0.2, 0) is 22.5 Å². The fourth-order valence-electron chi connectivity index (χ4n) is 4.62. The minimum Gasteiger partial charge on any atom is -0.481 e. The van der Waals surface area contributed by atoms with E-state index < -0.39 is 0 Å².